The van der Waals surface area contributed by atoms with E-state index in [0.29, 0.717) is 17.9 Å². The summed E-state index contributed by atoms with van der Waals surface area (Å²) in [6, 6.07) is 2.08. The van der Waals surface area contributed by atoms with E-state index in [9.17, 15) is 8.78 Å². The highest BCUT2D eigenvalue weighted by molar-refractivity contribution is 6.16. The second kappa shape index (κ2) is 5.06. The van der Waals surface area contributed by atoms with Crippen LogP contribution in [-0.2, 0) is 16.2 Å². The molecule has 1 heterocycles. The number of alkyl halides is 1. The number of methoxy groups -OCH3 is 1. The van der Waals surface area contributed by atoms with Crippen molar-refractivity contribution in [2.45, 2.75) is 25.3 Å². The van der Waals surface area contributed by atoms with Crippen molar-refractivity contribution in [2.24, 2.45) is 0 Å². The van der Waals surface area contributed by atoms with Crippen LogP contribution in [0, 0.1) is 11.6 Å². The first-order valence-corrected chi connectivity index (χ1v) is 6.36. The number of halogens is 3. The SMILES string of the molecule is COCC(C)(C)n1c(CCl)nc2c(F)cc(F)cc21. The van der Waals surface area contributed by atoms with Crippen LogP contribution in [0.5, 0.6) is 0 Å². The van der Waals surface area contributed by atoms with E-state index in [1.54, 1.807) is 11.7 Å². The number of fused-ring (bicyclic) bond motifs is 1. The first-order chi connectivity index (χ1) is 8.90. The first kappa shape index (κ1) is 14.2. The molecule has 0 amide bonds. The summed E-state index contributed by atoms with van der Waals surface area (Å²) in [7, 11) is 1.57. The highest BCUT2D eigenvalue weighted by atomic mass is 35.5. The van der Waals surface area contributed by atoms with Gasteiger partial charge < -0.3 is 9.30 Å². The van der Waals surface area contributed by atoms with Crippen molar-refractivity contribution >= 4 is 22.6 Å². The van der Waals surface area contributed by atoms with Crippen molar-refractivity contribution in [1.29, 1.82) is 0 Å². The zero-order valence-corrected chi connectivity index (χ0v) is 11.8. The third-order valence-corrected chi connectivity index (χ3v) is 3.21. The van der Waals surface area contributed by atoms with Gasteiger partial charge in [-0.15, -0.1) is 11.6 Å². The largest absolute Gasteiger partial charge is 0.382 e. The van der Waals surface area contributed by atoms with Crippen molar-refractivity contribution in [3.8, 4) is 0 Å². The molecule has 0 atom stereocenters. The Morgan fingerprint density at radius 3 is 2.63 bits per heavy atom. The molecule has 0 spiro atoms. The molecule has 3 nitrogen and oxygen atoms in total. The first-order valence-electron chi connectivity index (χ1n) is 5.82. The zero-order valence-electron chi connectivity index (χ0n) is 11.0. The monoisotopic (exact) mass is 288 g/mol. The van der Waals surface area contributed by atoms with Crippen LogP contribution in [-0.4, -0.2) is 23.3 Å². The molecule has 1 aromatic carbocycles. The van der Waals surface area contributed by atoms with Gasteiger partial charge in [0.25, 0.3) is 0 Å². The number of hydrogen-bond donors (Lipinski definition) is 0. The normalized spacial score (nSPS) is 12.3. The molecule has 104 valence electrons. The Hall–Kier alpha value is -1.20. The number of imidazole rings is 1. The third-order valence-electron chi connectivity index (χ3n) is 2.97. The van der Waals surface area contributed by atoms with Gasteiger partial charge in [-0.1, -0.05) is 0 Å². The van der Waals surface area contributed by atoms with E-state index in [1.165, 1.54) is 6.07 Å². The van der Waals surface area contributed by atoms with Gasteiger partial charge in [-0.2, -0.15) is 0 Å². The van der Waals surface area contributed by atoms with Crippen LogP contribution in [0.3, 0.4) is 0 Å². The highest BCUT2D eigenvalue weighted by Crippen LogP contribution is 2.28. The van der Waals surface area contributed by atoms with Gasteiger partial charge in [0.1, 0.15) is 17.2 Å². The molecule has 0 N–H and O–H groups in total. The van der Waals surface area contributed by atoms with Crippen molar-refractivity contribution in [1.82, 2.24) is 9.55 Å². The number of ether oxygens (including phenoxy) is 1. The van der Waals surface area contributed by atoms with Crippen LogP contribution in [0.15, 0.2) is 12.1 Å². The average Bonchev–Trinajstić information content (AvgIpc) is 2.68. The molecule has 19 heavy (non-hydrogen) atoms. The molecular weight excluding hydrogens is 274 g/mol. The molecule has 0 aliphatic carbocycles. The van der Waals surface area contributed by atoms with Crippen LogP contribution in [0.4, 0.5) is 8.78 Å². The Labute approximate surface area is 115 Å². The number of benzene rings is 1. The minimum Gasteiger partial charge on any atom is -0.382 e. The maximum absolute atomic E-state index is 13.8. The van der Waals surface area contributed by atoms with E-state index in [0.717, 1.165) is 6.07 Å². The Morgan fingerprint density at radius 2 is 2.05 bits per heavy atom. The number of nitrogens with zero attached hydrogens (tertiary/aromatic N) is 2. The maximum Gasteiger partial charge on any atom is 0.153 e. The second-order valence-electron chi connectivity index (χ2n) is 5.00. The molecule has 2 rings (SSSR count). The third kappa shape index (κ3) is 2.44. The highest BCUT2D eigenvalue weighted by Gasteiger charge is 2.27. The quantitative estimate of drug-likeness (QED) is 0.806. The van der Waals surface area contributed by atoms with Crippen LogP contribution < -0.4 is 0 Å². The summed E-state index contributed by atoms with van der Waals surface area (Å²) in [5, 5.41) is 0. The molecule has 0 fully saturated rings. The van der Waals surface area contributed by atoms with Crippen molar-refractivity contribution in [2.75, 3.05) is 13.7 Å². The fourth-order valence-corrected chi connectivity index (χ4v) is 2.51. The van der Waals surface area contributed by atoms with Crippen molar-refractivity contribution in [3.05, 3.63) is 29.6 Å². The fourth-order valence-electron chi connectivity index (χ4n) is 2.33. The minimum absolute atomic E-state index is 0.114. The van der Waals surface area contributed by atoms with E-state index in [4.69, 9.17) is 16.3 Å². The summed E-state index contributed by atoms with van der Waals surface area (Å²) < 4.78 is 34.1. The van der Waals surface area contributed by atoms with Crippen molar-refractivity contribution in [3.63, 3.8) is 0 Å². The number of hydrogen-bond acceptors (Lipinski definition) is 2. The fraction of sp³-hybridized carbons (Fsp3) is 0.462. The van der Waals surface area contributed by atoms with E-state index < -0.39 is 17.2 Å². The lowest BCUT2D eigenvalue weighted by Crippen LogP contribution is -2.32. The van der Waals surface area contributed by atoms with Gasteiger partial charge in [-0.25, -0.2) is 13.8 Å². The predicted octanol–water partition coefficient (Wildman–Crippen LogP) is 3.43. The lowest BCUT2D eigenvalue weighted by molar-refractivity contribution is 0.110. The molecule has 0 bridgehead atoms. The molecule has 1 aromatic heterocycles. The van der Waals surface area contributed by atoms with E-state index in [-0.39, 0.29) is 11.4 Å². The second-order valence-corrected chi connectivity index (χ2v) is 5.27. The molecule has 0 saturated carbocycles. The van der Waals surface area contributed by atoms with Crippen LogP contribution >= 0.6 is 11.6 Å². The van der Waals surface area contributed by atoms with Gasteiger partial charge in [0, 0.05) is 13.2 Å². The standard InChI is InChI=1S/C13H15ClF2N2O/c1-13(2,7-19-3)18-10-5-8(15)4-9(16)12(10)17-11(18)6-14/h4-5H,6-7H2,1-3H3. The van der Waals surface area contributed by atoms with Gasteiger partial charge >= 0.3 is 0 Å². The van der Waals surface area contributed by atoms with E-state index in [2.05, 4.69) is 4.98 Å². The molecule has 0 unspecified atom stereocenters. The molecule has 0 radical (unpaired) electrons. The molecule has 0 aliphatic heterocycles. The topological polar surface area (TPSA) is 27.1 Å². The smallest absolute Gasteiger partial charge is 0.153 e. The van der Waals surface area contributed by atoms with Gasteiger partial charge in [0.2, 0.25) is 0 Å². The Kier molecular flexibility index (Phi) is 3.78. The summed E-state index contributed by atoms with van der Waals surface area (Å²) in [6.45, 7) is 4.17. The number of rotatable bonds is 4. The lowest BCUT2D eigenvalue weighted by Gasteiger charge is -2.28. The minimum atomic E-state index is -0.687. The molecule has 0 aliphatic rings. The van der Waals surface area contributed by atoms with E-state index >= 15 is 0 Å². The van der Waals surface area contributed by atoms with Crippen LogP contribution in [0.25, 0.3) is 11.0 Å². The predicted molar refractivity (Wildman–Crippen MR) is 70.4 cm³/mol. The molecule has 0 saturated heterocycles. The molecule has 6 heteroatoms. The Morgan fingerprint density at radius 1 is 1.37 bits per heavy atom. The van der Waals surface area contributed by atoms with Crippen LogP contribution in [0.1, 0.15) is 19.7 Å². The van der Waals surface area contributed by atoms with Gasteiger partial charge in [-0.3, -0.25) is 0 Å². The molecule has 2 aromatic rings. The van der Waals surface area contributed by atoms with Gasteiger partial charge in [-0.05, 0) is 19.9 Å². The molecular formula is C13H15ClF2N2O. The summed E-state index contributed by atoms with van der Waals surface area (Å²) in [6.07, 6.45) is 0. The summed E-state index contributed by atoms with van der Waals surface area (Å²) in [5.74, 6) is -0.722. The zero-order chi connectivity index (χ0) is 14.2. The maximum atomic E-state index is 13.8. The van der Waals surface area contributed by atoms with Crippen molar-refractivity contribution < 1.29 is 13.5 Å². The van der Waals surface area contributed by atoms with Gasteiger partial charge in [0.15, 0.2) is 5.82 Å². The Bertz CT molecular complexity index is 610. The lowest BCUT2D eigenvalue weighted by atomic mass is 10.1. The average molecular weight is 289 g/mol. The Balaban J connectivity index is 2.77. The summed E-state index contributed by atoms with van der Waals surface area (Å²) in [5.41, 5.74) is 0.00459. The summed E-state index contributed by atoms with van der Waals surface area (Å²) in [4.78, 5) is 4.15. The van der Waals surface area contributed by atoms with E-state index in [1.807, 2.05) is 13.8 Å². The van der Waals surface area contributed by atoms with Gasteiger partial charge in [0.05, 0.1) is 23.5 Å². The van der Waals surface area contributed by atoms with Crippen LogP contribution in [0.2, 0.25) is 0 Å². The number of aromatic nitrogens is 2. The summed E-state index contributed by atoms with van der Waals surface area (Å²) >= 11 is 5.86.